The van der Waals surface area contributed by atoms with E-state index in [4.69, 9.17) is 0 Å². The van der Waals surface area contributed by atoms with Gasteiger partial charge >= 0.3 is 6.03 Å². The highest BCUT2D eigenvalue weighted by Crippen LogP contribution is 2.35. The van der Waals surface area contributed by atoms with Gasteiger partial charge in [-0.1, -0.05) is 25.0 Å². The first kappa shape index (κ1) is 14.5. The number of carbonyl (C=O) groups is 3. The van der Waals surface area contributed by atoms with E-state index in [0.29, 0.717) is 5.69 Å². The summed E-state index contributed by atoms with van der Waals surface area (Å²) in [6, 6.07) is 6.53. The molecule has 2 fully saturated rings. The number of anilines is 1. The summed E-state index contributed by atoms with van der Waals surface area (Å²) < 4.78 is 0.804. The zero-order chi connectivity index (χ0) is 15.0. The molecular weight excluding hydrogens is 383 g/mol. The molecule has 2 aliphatic rings. The zero-order valence-electron chi connectivity index (χ0n) is 11.3. The van der Waals surface area contributed by atoms with Gasteiger partial charge in [-0.2, -0.15) is 0 Å². The van der Waals surface area contributed by atoms with Gasteiger partial charge in [-0.3, -0.25) is 14.9 Å². The highest BCUT2D eigenvalue weighted by atomic mass is 127. The van der Waals surface area contributed by atoms with Crippen molar-refractivity contribution in [3.05, 3.63) is 27.8 Å². The topological polar surface area (TPSA) is 66.5 Å². The van der Waals surface area contributed by atoms with Gasteiger partial charge in [0.25, 0.3) is 0 Å². The average Bonchev–Trinajstić information content (AvgIpc) is 2.94. The summed E-state index contributed by atoms with van der Waals surface area (Å²) in [6.45, 7) is 0. The molecule has 1 aromatic rings. The molecule has 1 saturated carbocycles. The third kappa shape index (κ3) is 2.56. The lowest BCUT2D eigenvalue weighted by molar-refractivity contribution is -0.136. The van der Waals surface area contributed by atoms with Crippen molar-refractivity contribution < 1.29 is 14.4 Å². The van der Waals surface area contributed by atoms with Crippen LogP contribution in [0.15, 0.2) is 24.3 Å². The van der Waals surface area contributed by atoms with E-state index in [-0.39, 0.29) is 11.8 Å². The summed E-state index contributed by atoms with van der Waals surface area (Å²) in [5.41, 5.74) is 0.538. The molecule has 0 spiro atoms. The van der Waals surface area contributed by atoms with Crippen molar-refractivity contribution in [2.75, 3.05) is 4.90 Å². The van der Waals surface area contributed by atoms with Crippen LogP contribution >= 0.6 is 22.6 Å². The van der Waals surface area contributed by atoms with E-state index in [9.17, 15) is 14.4 Å². The number of urea groups is 1. The van der Waals surface area contributed by atoms with Crippen molar-refractivity contribution in [1.82, 2.24) is 5.32 Å². The number of barbiturate groups is 1. The van der Waals surface area contributed by atoms with E-state index < -0.39 is 17.9 Å². The van der Waals surface area contributed by atoms with Crippen LogP contribution in [0.5, 0.6) is 0 Å². The minimum atomic E-state index is -0.735. The van der Waals surface area contributed by atoms with Crippen LogP contribution in [-0.4, -0.2) is 17.8 Å². The average molecular weight is 398 g/mol. The number of hydrogen-bond donors (Lipinski definition) is 1. The van der Waals surface area contributed by atoms with E-state index >= 15 is 0 Å². The number of rotatable bonds is 2. The molecular formula is C15H15IN2O3. The molecule has 0 aromatic heterocycles. The highest BCUT2D eigenvalue weighted by Gasteiger charge is 2.46. The van der Waals surface area contributed by atoms with E-state index in [2.05, 4.69) is 27.9 Å². The molecule has 1 unspecified atom stereocenters. The molecule has 0 radical (unpaired) electrons. The fourth-order valence-corrected chi connectivity index (χ4v) is 3.79. The van der Waals surface area contributed by atoms with Gasteiger partial charge in [0.15, 0.2) is 0 Å². The summed E-state index contributed by atoms with van der Waals surface area (Å²) in [5.74, 6) is -1.52. The number of nitrogens with zero attached hydrogens (tertiary/aromatic N) is 1. The third-order valence-corrected chi connectivity index (χ3v) is 5.08. The molecule has 0 bridgehead atoms. The Morgan fingerprint density at radius 2 is 1.76 bits per heavy atom. The molecule has 1 N–H and O–H groups in total. The SMILES string of the molecule is O=C1NC(=O)N(c2ccccc2I)C(=O)C1C1CCCC1. The van der Waals surface area contributed by atoms with Gasteiger partial charge in [-0.05, 0) is 53.5 Å². The quantitative estimate of drug-likeness (QED) is 0.616. The van der Waals surface area contributed by atoms with Gasteiger partial charge in [-0.15, -0.1) is 0 Å². The monoisotopic (exact) mass is 398 g/mol. The van der Waals surface area contributed by atoms with Crippen molar-refractivity contribution in [3.8, 4) is 0 Å². The number of carbonyl (C=O) groups excluding carboxylic acids is 3. The second kappa shape index (κ2) is 5.75. The summed E-state index contributed by atoms with van der Waals surface area (Å²) in [5, 5.41) is 2.34. The molecule has 21 heavy (non-hydrogen) atoms. The van der Waals surface area contributed by atoms with Crippen LogP contribution in [0, 0.1) is 15.4 Å². The zero-order valence-corrected chi connectivity index (χ0v) is 13.5. The lowest BCUT2D eigenvalue weighted by Gasteiger charge is -2.33. The van der Waals surface area contributed by atoms with Gasteiger partial charge in [0.2, 0.25) is 11.8 Å². The molecule has 1 heterocycles. The molecule has 5 nitrogen and oxygen atoms in total. The van der Waals surface area contributed by atoms with E-state index in [0.717, 1.165) is 34.2 Å². The second-order valence-electron chi connectivity index (χ2n) is 5.44. The Kier molecular flexibility index (Phi) is 3.97. The summed E-state index contributed by atoms with van der Waals surface area (Å²) >= 11 is 2.08. The van der Waals surface area contributed by atoms with Gasteiger partial charge in [0.05, 0.1) is 5.69 Å². The number of benzene rings is 1. The lowest BCUT2D eigenvalue weighted by atomic mass is 9.87. The number of hydrogen-bond acceptors (Lipinski definition) is 3. The number of halogens is 1. The molecule has 1 aliphatic carbocycles. The van der Waals surface area contributed by atoms with E-state index in [1.807, 2.05) is 12.1 Å². The maximum Gasteiger partial charge on any atom is 0.335 e. The lowest BCUT2D eigenvalue weighted by Crippen LogP contribution is -2.59. The van der Waals surface area contributed by atoms with E-state index in [1.165, 1.54) is 0 Å². The van der Waals surface area contributed by atoms with Crippen molar-refractivity contribution in [3.63, 3.8) is 0 Å². The van der Waals surface area contributed by atoms with Crippen LogP contribution in [0.4, 0.5) is 10.5 Å². The van der Waals surface area contributed by atoms with Crippen molar-refractivity contribution >= 4 is 46.1 Å². The van der Waals surface area contributed by atoms with Gasteiger partial charge in [0, 0.05) is 3.57 Å². The predicted octanol–water partition coefficient (Wildman–Crippen LogP) is 2.68. The van der Waals surface area contributed by atoms with Crippen molar-refractivity contribution in [1.29, 1.82) is 0 Å². The van der Waals surface area contributed by atoms with Crippen LogP contribution in [0.2, 0.25) is 0 Å². The first-order valence-electron chi connectivity index (χ1n) is 7.03. The molecule has 4 amide bonds. The van der Waals surface area contributed by atoms with Gasteiger partial charge < -0.3 is 0 Å². The molecule has 1 aliphatic heterocycles. The number of imide groups is 2. The van der Waals surface area contributed by atoms with Crippen LogP contribution < -0.4 is 10.2 Å². The van der Waals surface area contributed by atoms with Gasteiger partial charge in [0.1, 0.15) is 5.92 Å². The molecule has 110 valence electrons. The molecule has 6 heteroatoms. The first-order valence-corrected chi connectivity index (χ1v) is 8.11. The number of amides is 4. The second-order valence-corrected chi connectivity index (χ2v) is 6.60. The maximum atomic E-state index is 12.7. The predicted molar refractivity (Wildman–Crippen MR) is 85.6 cm³/mol. The molecule has 1 atom stereocenters. The highest BCUT2D eigenvalue weighted by molar-refractivity contribution is 14.1. The summed E-state index contributed by atoms with van der Waals surface area (Å²) in [7, 11) is 0. The summed E-state index contributed by atoms with van der Waals surface area (Å²) in [4.78, 5) is 38.0. The van der Waals surface area contributed by atoms with Crippen LogP contribution in [-0.2, 0) is 9.59 Å². The Morgan fingerprint density at radius 1 is 1.10 bits per heavy atom. The molecule has 1 aromatic carbocycles. The normalized spacial score (nSPS) is 23.6. The maximum absolute atomic E-state index is 12.7. The largest absolute Gasteiger partial charge is 0.335 e. The fraction of sp³-hybridized carbons (Fsp3) is 0.400. The molecule has 3 rings (SSSR count). The first-order chi connectivity index (χ1) is 10.1. The van der Waals surface area contributed by atoms with Crippen molar-refractivity contribution in [2.45, 2.75) is 25.7 Å². The Hall–Kier alpha value is -1.44. The fourth-order valence-electron chi connectivity index (χ4n) is 3.16. The van der Waals surface area contributed by atoms with Crippen LogP contribution in [0.1, 0.15) is 25.7 Å². The summed E-state index contributed by atoms with van der Waals surface area (Å²) in [6.07, 6.45) is 3.83. The van der Waals surface area contributed by atoms with Crippen LogP contribution in [0.25, 0.3) is 0 Å². The van der Waals surface area contributed by atoms with Crippen LogP contribution in [0.3, 0.4) is 0 Å². The van der Waals surface area contributed by atoms with Crippen molar-refractivity contribution in [2.24, 2.45) is 11.8 Å². The number of nitrogens with one attached hydrogen (secondary N) is 1. The number of para-hydroxylation sites is 1. The Balaban J connectivity index is 1.96. The molecule has 1 saturated heterocycles. The minimum absolute atomic E-state index is 0.0504. The Bertz CT molecular complexity index is 611. The third-order valence-electron chi connectivity index (χ3n) is 4.17. The Labute approximate surface area is 136 Å². The van der Waals surface area contributed by atoms with E-state index in [1.54, 1.807) is 12.1 Å². The standard InChI is InChI=1S/C15H15IN2O3/c16-10-7-3-4-8-11(10)18-14(20)12(9-5-1-2-6-9)13(19)17-15(18)21/h3-4,7-9,12H,1-2,5-6H2,(H,17,19,21). The smallest absolute Gasteiger partial charge is 0.277 e. The van der Waals surface area contributed by atoms with Gasteiger partial charge in [-0.25, -0.2) is 9.69 Å². The Morgan fingerprint density at radius 3 is 2.43 bits per heavy atom. The minimum Gasteiger partial charge on any atom is -0.277 e.